The Kier molecular flexibility index (Phi) is 6.69. The van der Waals surface area contributed by atoms with Gasteiger partial charge in [0.05, 0.1) is 13.2 Å². The molecular weight excluding hydrogens is 326 g/mol. The molecule has 5 heteroatoms. The molecule has 26 heavy (non-hydrogen) atoms. The highest BCUT2D eigenvalue weighted by Crippen LogP contribution is 2.26. The molecule has 1 saturated heterocycles. The van der Waals surface area contributed by atoms with Crippen molar-refractivity contribution >= 4 is 16.8 Å². The number of fused-ring (bicyclic) bond motifs is 1. The number of benzene rings is 1. The lowest BCUT2D eigenvalue weighted by Gasteiger charge is -2.26. The topological polar surface area (TPSA) is 46.5 Å². The second-order valence-electron chi connectivity index (χ2n) is 7.06. The Balaban J connectivity index is 1.65. The van der Waals surface area contributed by atoms with Crippen LogP contribution in [0.5, 0.6) is 0 Å². The second-order valence-corrected chi connectivity index (χ2v) is 7.06. The summed E-state index contributed by atoms with van der Waals surface area (Å²) in [6.07, 6.45) is 3.17. The fourth-order valence-electron chi connectivity index (χ4n) is 3.73. The van der Waals surface area contributed by atoms with Crippen molar-refractivity contribution in [1.82, 2.24) is 14.8 Å². The van der Waals surface area contributed by atoms with Crippen LogP contribution in [-0.4, -0.2) is 54.8 Å². The van der Waals surface area contributed by atoms with E-state index in [1.807, 2.05) is 12.1 Å². The highest BCUT2D eigenvalue weighted by molar-refractivity contribution is 6.01. The van der Waals surface area contributed by atoms with Gasteiger partial charge in [-0.2, -0.15) is 0 Å². The maximum atomic E-state index is 12.9. The summed E-state index contributed by atoms with van der Waals surface area (Å²) >= 11 is 0. The summed E-state index contributed by atoms with van der Waals surface area (Å²) in [7, 11) is 0. The van der Waals surface area contributed by atoms with Gasteiger partial charge in [0, 0.05) is 37.1 Å². The number of aryl methyl sites for hydroxylation is 2. The molecular formula is C21H31N3O2. The Morgan fingerprint density at radius 1 is 1.15 bits per heavy atom. The number of carbonyl (C=O) groups is 1. The van der Waals surface area contributed by atoms with E-state index in [2.05, 4.69) is 40.8 Å². The summed E-state index contributed by atoms with van der Waals surface area (Å²) in [4.78, 5) is 15.3. The van der Waals surface area contributed by atoms with Gasteiger partial charge in [-0.1, -0.05) is 31.5 Å². The maximum absolute atomic E-state index is 12.9. The Morgan fingerprint density at radius 2 is 1.92 bits per heavy atom. The van der Waals surface area contributed by atoms with E-state index in [0.29, 0.717) is 6.54 Å². The Bertz CT molecular complexity index is 732. The number of aromatic nitrogens is 1. The van der Waals surface area contributed by atoms with Gasteiger partial charge >= 0.3 is 0 Å². The van der Waals surface area contributed by atoms with Crippen LogP contribution < -0.4 is 5.32 Å². The quantitative estimate of drug-likeness (QED) is 0.738. The smallest absolute Gasteiger partial charge is 0.268 e. The van der Waals surface area contributed by atoms with Gasteiger partial charge in [0.1, 0.15) is 5.69 Å². The third kappa shape index (κ3) is 4.27. The third-order valence-corrected chi connectivity index (χ3v) is 5.21. The molecule has 2 heterocycles. The molecule has 0 unspecified atom stereocenters. The summed E-state index contributed by atoms with van der Waals surface area (Å²) in [6, 6.07) is 8.33. The molecule has 0 aliphatic carbocycles. The number of para-hydroxylation sites is 1. The van der Waals surface area contributed by atoms with Crippen LogP contribution in [0.2, 0.25) is 0 Å². The van der Waals surface area contributed by atoms with E-state index in [1.165, 1.54) is 5.39 Å². The predicted octanol–water partition coefficient (Wildman–Crippen LogP) is 3.20. The second kappa shape index (κ2) is 9.19. The normalized spacial score (nSPS) is 15.5. The molecule has 1 N–H and O–H groups in total. The molecule has 1 amide bonds. The molecule has 2 aromatic rings. The monoisotopic (exact) mass is 357 g/mol. The molecule has 0 radical (unpaired) electrons. The van der Waals surface area contributed by atoms with Crippen LogP contribution in [0.1, 0.15) is 42.2 Å². The number of ether oxygens (including phenoxy) is 1. The molecule has 0 atom stereocenters. The van der Waals surface area contributed by atoms with Gasteiger partial charge in [-0.15, -0.1) is 0 Å². The molecule has 0 spiro atoms. The Labute approximate surface area is 156 Å². The number of hydrogen-bond acceptors (Lipinski definition) is 3. The zero-order valence-corrected chi connectivity index (χ0v) is 16.1. The first-order valence-corrected chi connectivity index (χ1v) is 9.88. The van der Waals surface area contributed by atoms with Crippen LogP contribution >= 0.6 is 0 Å². The Morgan fingerprint density at radius 3 is 2.69 bits per heavy atom. The van der Waals surface area contributed by atoms with E-state index in [-0.39, 0.29) is 5.91 Å². The third-order valence-electron chi connectivity index (χ3n) is 5.21. The van der Waals surface area contributed by atoms with Crippen molar-refractivity contribution in [3.63, 3.8) is 0 Å². The summed E-state index contributed by atoms with van der Waals surface area (Å²) in [6.45, 7) is 10.5. The number of unbranched alkanes of at least 4 members (excludes halogenated alkanes) is 1. The van der Waals surface area contributed by atoms with Crippen LogP contribution in [0.15, 0.2) is 24.3 Å². The van der Waals surface area contributed by atoms with Crippen molar-refractivity contribution in [2.24, 2.45) is 0 Å². The number of hydrogen-bond donors (Lipinski definition) is 1. The predicted molar refractivity (Wildman–Crippen MR) is 106 cm³/mol. The zero-order chi connectivity index (χ0) is 18.4. The fraction of sp³-hybridized carbons (Fsp3) is 0.571. The minimum absolute atomic E-state index is 0.0526. The molecule has 1 aromatic carbocycles. The molecule has 1 aliphatic heterocycles. The van der Waals surface area contributed by atoms with Gasteiger partial charge in [0.15, 0.2) is 0 Å². The van der Waals surface area contributed by atoms with Crippen molar-refractivity contribution in [1.29, 1.82) is 0 Å². The number of carbonyl (C=O) groups excluding carboxylic acids is 1. The van der Waals surface area contributed by atoms with Gasteiger partial charge in [-0.3, -0.25) is 9.69 Å². The van der Waals surface area contributed by atoms with Crippen molar-refractivity contribution in [3.8, 4) is 0 Å². The highest BCUT2D eigenvalue weighted by atomic mass is 16.5. The molecule has 5 nitrogen and oxygen atoms in total. The van der Waals surface area contributed by atoms with Gasteiger partial charge in [-0.05, 0) is 37.9 Å². The minimum Gasteiger partial charge on any atom is -0.379 e. The fourth-order valence-corrected chi connectivity index (χ4v) is 3.73. The first kappa shape index (κ1) is 18.9. The lowest BCUT2D eigenvalue weighted by atomic mass is 10.1. The Hall–Kier alpha value is -1.85. The van der Waals surface area contributed by atoms with E-state index in [0.717, 1.165) is 75.4 Å². The average Bonchev–Trinajstić information content (AvgIpc) is 2.96. The van der Waals surface area contributed by atoms with Crippen LogP contribution in [0.25, 0.3) is 10.9 Å². The van der Waals surface area contributed by atoms with Gasteiger partial charge in [-0.25, -0.2) is 0 Å². The van der Waals surface area contributed by atoms with Gasteiger partial charge in [0.25, 0.3) is 5.91 Å². The lowest BCUT2D eigenvalue weighted by molar-refractivity contribution is 0.0374. The SMILES string of the molecule is CCCCn1c(C(=O)NCCCN2CCOCC2)c(C)c2ccccc21. The van der Waals surface area contributed by atoms with Crippen molar-refractivity contribution in [2.45, 2.75) is 39.7 Å². The average molecular weight is 357 g/mol. The van der Waals surface area contributed by atoms with Crippen molar-refractivity contribution < 1.29 is 9.53 Å². The first-order valence-electron chi connectivity index (χ1n) is 9.88. The largest absolute Gasteiger partial charge is 0.379 e. The molecule has 0 saturated carbocycles. The number of amides is 1. The molecule has 0 bridgehead atoms. The van der Waals surface area contributed by atoms with Crippen LogP contribution in [-0.2, 0) is 11.3 Å². The van der Waals surface area contributed by atoms with Crippen LogP contribution in [0.3, 0.4) is 0 Å². The highest BCUT2D eigenvalue weighted by Gasteiger charge is 2.19. The van der Waals surface area contributed by atoms with Gasteiger partial charge in [0.2, 0.25) is 0 Å². The lowest BCUT2D eigenvalue weighted by Crippen LogP contribution is -2.38. The molecule has 142 valence electrons. The summed E-state index contributed by atoms with van der Waals surface area (Å²) in [5.41, 5.74) is 3.07. The van der Waals surface area contributed by atoms with E-state index < -0.39 is 0 Å². The van der Waals surface area contributed by atoms with Crippen LogP contribution in [0, 0.1) is 6.92 Å². The number of nitrogens with one attached hydrogen (secondary N) is 1. The number of rotatable bonds is 8. The summed E-state index contributed by atoms with van der Waals surface area (Å²) in [5.74, 6) is 0.0526. The zero-order valence-electron chi connectivity index (χ0n) is 16.1. The molecule has 1 fully saturated rings. The van der Waals surface area contributed by atoms with E-state index in [4.69, 9.17) is 4.74 Å². The van der Waals surface area contributed by atoms with Crippen molar-refractivity contribution in [3.05, 3.63) is 35.5 Å². The summed E-state index contributed by atoms with van der Waals surface area (Å²) in [5, 5.41) is 4.32. The molecule has 3 rings (SSSR count). The molecule has 1 aliphatic rings. The number of nitrogens with zero attached hydrogens (tertiary/aromatic N) is 2. The van der Waals surface area contributed by atoms with Crippen LogP contribution in [0.4, 0.5) is 0 Å². The first-order chi connectivity index (χ1) is 12.7. The van der Waals surface area contributed by atoms with E-state index in [1.54, 1.807) is 0 Å². The van der Waals surface area contributed by atoms with Gasteiger partial charge < -0.3 is 14.6 Å². The molecule has 1 aromatic heterocycles. The van der Waals surface area contributed by atoms with E-state index >= 15 is 0 Å². The number of morpholine rings is 1. The minimum atomic E-state index is 0.0526. The standard InChI is InChI=1S/C21H31N3O2/c1-3-4-12-24-19-9-6-5-8-18(19)17(2)20(24)21(25)22-10-7-11-23-13-15-26-16-14-23/h5-6,8-9H,3-4,7,10-16H2,1-2H3,(H,22,25). The van der Waals surface area contributed by atoms with Crippen molar-refractivity contribution in [2.75, 3.05) is 39.4 Å². The maximum Gasteiger partial charge on any atom is 0.268 e. The van der Waals surface area contributed by atoms with E-state index in [9.17, 15) is 4.79 Å². The summed E-state index contributed by atoms with van der Waals surface area (Å²) < 4.78 is 7.58.